The van der Waals surface area contributed by atoms with Crippen LogP contribution in [0.2, 0.25) is 0 Å². The SMILES string of the molecule is COc1cc(F)cc2c(OC3CC4C(=O)NC5(C(=O)NS(=O)(=O)C6CC6)CC5C=CCCC(C)CC(C)C(NC(=O)OC(C)C(F)(F)F)C(=O)N4C3)nccc12. The predicted molar refractivity (Wildman–Crippen MR) is 192 cm³/mol. The van der Waals surface area contributed by atoms with Crippen LogP contribution in [0.15, 0.2) is 36.5 Å². The molecule has 19 heteroatoms. The summed E-state index contributed by atoms with van der Waals surface area (Å²) >= 11 is 0. The van der Waals surface area contributed by atoms with Crippen molar-refractivity contribution < 1.29 is 59.4 Å². The zero-order valence-electron chi connectivity index (χ0n) is 31.2. The highest BCUT2D eigenvalue weighted by Gasteiger charge is 2.62. The van der Waals surface area contributed by atoms with E-state index in [0.29, 0.717) is 44.4 Å². The third-order valence-electron chi connectivity index (χ3n) is 10.9. The lowest BCUT2D eigenvalue weighted by molar-refractivity contribution is -0.197. The predicted octanol–water partition coefficient (Wildman–Crippen LogP) is 4.27. The van der Waals surface area contributed by atoms with Gasteiger partial charge in [0.15, 0.2) is 6.10 Å². The van der Waals surface area contributed by atoms with Gasteiger partial charge < -0.3 is 29.7 Å². The van der Waals surface area contributed by atoms with Crippen LogP contribution in [0, 0.1) is 23.6 Å². The van der Waals surface area contributed by atoms with Crippen LogP contribution in [0.1, 0.15) is 65.7 Å². The summed E-state index contributed by atoms with van der Waals surface area (Å²) in [6.07, 6.45) is -2.72. The molecular formula is C37H45F4N5O9S. The molecule has 8 atom stereocenters. The van der Waals surface area contributed by atoms with Crippen molar-refractivity contribution in [3.05, 3.63) is 42.4 Å². The minimum atomic E-state index is -4.87. The Morgan fingerprint density at radius 3 is 2.52 bits per heavy atom. The average Bonchev–Trinajstić information content (AvgIpc) is 4.05. The number of amides is 4. The summed E-state index contributed by atoms with van der Waals surface area (Å²) < 4.78 is 98.5. The Labute approximate surface area is 321 Å². The number of hydrogen-bond acceptors (Lipinski definition) is 10. The molecule has 3 fully saturated rings. The first-order chi connectivity index (χ1) is 26.3. The molecule has 2 aliphatic carbocycles. The van der Waals surface area contributed by atoms with Crippen LogP contribution in [-0.2, 0) is 29.1 Å². The van der Waals surface area contributed by atoms with Crippen LogP contribution in [0.3, 0.4) is 0 Å². The molecule has 6 rings (SSSR count). The normalized spacial score (nSPS) is 29.2. The van der Waals surface area contributed by atoms with E-state index in [4.69, 9.17) is 9.47 Å². The number of allylic oxidation sites excluding steroid dienone is 1. The largest absolute Gasteiger partial charge is 0.496 e. The number of alkyl carbamates (subject to hydrolysis) is 1. The van der Waals surface area contributed by atoms with Gasteiger partial charge in [-0.15, -0.1) is 0 Å². The third-order valence-corrected chi connectivity index (χ3v) is 12.7. The third kappa shape index (κ3) is 8.81. The van der Waals surface area contributed by atoms with E-state index >= 15 is 0 Å². The number of sulfonamides is 1. The minimum absolute atomic E-state index is 0.0454. The molecular weight excluding hydrogens is 766 g/mol. The van der Waals surface area contributed by atoms with Crippen LogP contribution in [0.5, 0.6) is 11.6 Å². The number of rotatable bonds is 8. The zero-order chi connectivity index (χ0) is 40.7. The molecule has 1 aromatic heterocycles. The maximum atomic E-state index is 14.6. The Hall–Kier alpha value is -4.68. The number of benzene rings is 1. The molecule has 0 spiro atoms. The molecule has 4 aliphatic rings. The number of nitrogens with zero attached hydrogens (tertiary/aromatic N) is 2. The Kier molecular flexibility index (Phi) is 11.5. The summed E-state index contributed by atoms with van der Waals surface area (Å²) in [6.45, 7) is 3.91. The number of hydrogen-bond donors (Lipinski definition) is 3. The number of carbonyl (C=O) groups excluding carboxylic acids is 4. The lowest BCUT2D eigenvalue weighted by Gasteiger charge is -2.33. The number of fused-ring (bicyclic) bond motifs is 3. The first-order valence-electron chi connectivity index (χ1n) is 18.5. The zero-order valence-corrected chi connectivity index (χ0v) is 32.0. The Bertz CT molecular complexity index is 2010. The number of methoxy groups -OCH3 is 1. The van der Waals surface area contributed by atoms with E-state index in [1.807, 2.05) is 13.0 Å². The second kappa shape index (κ2) is 15.7. The maximum absolute atomic E-state index is 14.6. The van der Waals surface area contributed by atoms with Gasteiger partial charge in [-0.25, -0.2) is 22.6 Å². The van der Waals surface area contributed by atoms with E-state index in [-0.39, 0.29) is 42.3 Å². The highest BCUT2D eigenvalue weighted by molar-refractivity contribution is 7.91. The quantitative estimate of drug-likeness (QED) is 0.257. The van der Waals surface area contributed by atoms with Crippen molar-refractivity contribution in [2.75, 3.05) is 13.7 Å². The first kappa shape index (κ1) is 41.0. The molecule has 3 heterocycles. The monoisotopic (exact) mass is 811 g/mol. The summed E-state index contributed by atoms with van der Waals surface area (Å²) in [6, 6.07) is 1.10. The van der Waals surface area contributed by atoms with Gasteiger partial charge in [-0.05, 0) is 69.4 Å². The fourth-order valence-electron chi connectivity index (χ4n) is 7.50. The lowest BCUT2D eigenvalue weighted by atomic mass is 9.88. The highest BCUT2D eigenvalue weighted by Crippen LogP contribution is 2.46. The lowest BCUT2D eigenvalue weighted by Crippen LogP contribution is -2.59. The van der Waals surface area contributed by atoms with Gasteiger partial charge in [-0.1, -0.05) is 26.0 Å². The van der Waals surface area contributed by atoms with Gasteiger partial charge in [0.2, 0.25) is 27.7 Å². The van der Waals surface area contributed by atoms with Crippen LogP contribution in [0.25, 0.3) is 10.8 Å². The number of nitrogens with one attached hydrogen (secondary N) is 3. The molecule has 4 amide bonds. The number of pyridine rings is 1. The molecule has 8 unspecified atom stereocenters. The van der Waals surface area contributed by atoms with Gasteiger partial charge in [-0.3, -0.25) is 19.1 Å². The number of carbonyl (C=O) groups is 4. The van der Waals surface area contributed by atoms with Gasteiger partial charge >= 0.3 is 12.3 Å². The van der Waals surface area contributed by atoms with E-state index in [9.17, 15) is 45.2 Å². The standard InChI is InChI=1S/C37H45F4N5O9S/c1-19-7-5-6-8-22-17-36(22,34(49)45-56(51,52)25-9-10-25)44-31(47)28-16-24(55-32-27-14-23(38)15-29(53-4)26(27)11-12-42-32)18-46(28)33(48)30(20(2)13-19)43-35(50)54-21(3)37(39,40)41/h6,8,11-12,14-15,19-22,24-25,28,30H,5,7,9-10,13,16-18H2,1-4H3,(H,43,50)(H,44,47)(H,45,49). The number of halogens is 4. The fraction of sp³-hybridized carbons (Fsp3) is 0.595. The summed E-state index contributed by atoms with van der Waals surface area (Å²) in [4.78, 5) is 61.0. The van der Waals surface area contributed by atoms with E-state index in [1.165, 1.54) is 25.4 Å². The molecule has 14 nitrogen and oxygen atoms in total. The maximum Gasteiger partial charge on any atom is 0.425 e. The van der Waals surface area contributed by atoms with Crippen molar-refractivity contribution >= 4 is 44.6 Å². The Morgan fingerprint density at radius 1 is 1.11 bits per heavy atom. The molecule has 1 saturated heterocycles. The van der Waals surface area contributed by atoms with Crippen LogP contribution in [0.4, 0.5) is 22.4 Å². The van der Waals surface area contributed by atoms with Crippen LogP contribution in [-0.4, -0.2) is 97.0 Å². The summed E-state index contributed by atoms with van der Waals surface area (Å²) in [5.41, 5.74) is -1.66. The second-order valence-electron chi connectivity index (χ2n) is 15.3. The van der Waals surface area contributed by atoms with Crippen molar-refractivity contribution in [2.24, 2.45) is 17.8 Å². The molecule has 1 aromatic carbocycles. The van der Waals surface area contributed by atoms with Gasteiger partial charge in [0.1, 0.15) is 35.3 Å². The van der Waals surface area contributed by atoms with E-state index in [0.717, 1.165) is 4.90 Å². The van der Waals surface area contributed by atoms with Crippen molar-refractivity contribution in [1.82, 2.24) is 25.2 Å². The molecule has 306 valence electrons. The topological polar surface area (TPSA) is 182 Å². The first-order valence-corrected chi connectivity index (χ1v) is 20.1. The van der Waals surface area contributed by atoms with Crippen molar-refractivity contribution in [3.8, 4) is 11.6 Å². The van der Waals surface area contributed by atoms with Crippen LogP contribution >= 0.6 is 0 Å². The molecule has 2 saturated carbocycles. The molecule has 0 bridgehead atoms. The summed E-state index contributed by atoms with van der Waals surface area (Å²) in [7, 11) is -2.64. The second-order valence-corrected chi connectivity index (χ2v) is 17.2. The number of alkyl halides is 3. The molecule has 2 aromatic rings. The summed E-state index contributed by atoms with van der Waals surface area (Å²) in [5.74, 6) is -4.37. The average molecular weight is 812 g/mol. The van der Waals surface area contributed by atoms with Gasteiger partial charge in [0.05, 0.1) is 24.3 Å². The molecule has 56 heavy (non-hydrogen) atoms. The molecule has 2 aliphatic heterocycles. The van der Waals surface area contributed by atoms with Gasteiger partial charge in [0, 0.05) is 30.0 Å². The van der Waals surface area contributed by atoms with Gasteiger partial charge in [-0.2, -0.15) is 13.2 Å². The highest BCUT2D eigenvalue weighted by atomic mass is 32.2. The van der Waals surface area contributed by atoms with Crippen molar-refractivity contribution in [3.63, 3.8) is 0 Å². The Balaban J connectivity index is 1.35. The smallest absolute Gasteiger partial charge is 0.425 e. The van der Waals surface area contributed by atoms with Crippen molar-refractivity contribution in [2.45, 2.75) is 107 Å². The van der Waals surface area contributed by atoms with E-state index in [2.05, 4.69) is 25.1 Å². The van der Waals surface area contributed by atoms with Gasteiger partial charge in [0.25, 0.3) is 5.91 Å². The van der Waals surface area contributed by atoms with E-state index < -0.39 is 92.7 Å². The Morgan fingerprint density at radius 2 is 1.84 bits per heavy atom. The van der Waals surface area contributed by atoms with Crippen LogP contribution < -0.4 is 24.8 Å². The van der Waals surface area contributed by atoms with E-state index in [1.54, 1.807) is 19.1 Å². The molecule has 0 radical (unpaired) electrons. The number of ether oxygens (including phenoxy) is 3. The summed E-state index contributed by atoms with van der Waals surface area (Å²) in [5, 5.41) is 5.02. The molecule has 3 N–H and O–H groups in total. The van der Waals surface area contributed by atoms with Crippen molar-refractivity contribution in [1.29, 1.82) is 0 Å². The minimum Gasteiger partial charge on any atom is -0.496 e. The number of aromatic nitrogens is 1. The fourth-order valence-corrected chi connectivity index (χ4v) is 8.86.